The van der Waals surface area contributed by atoms with Crippen molar-refractivity contribution < 1.29 is 9.53 Å². The summed E-state index contributed by atoms with van der Waals surface area (Å²) < 4.78 is 5.45. The normalized spacial score (nSPS) is 22.9. The minimum Gasteiger partial charge on any atom is -0.379 e. The zero-order valence-corrected chi connectivity index (χ0v) is 14.0. The highest BCUT2D eigenvalue weighted by molar-refractivity contribution is 7.15. The predicted octanol–water partition coefficient (Wildman–Crippen LogP) is 3.52. The monoisotopic (exact) mass is 311 g/mol. The molecule has 0 spiro atoms. The average molecular weight is 311 g/mol. The Balaban J connectivity index is 1.91. The first-order valence-corrected chi connectivity index (χ1v) is 8.28. The van der Waals surface area contributed by atoms with E-state index in [1.54, 1.807) is 7.11 Å². The Morgan fingerprint density at radius 2 is 2.10 bits per heavy atom. The molecule has 1 fully saturated rings. The van der Waals surface area contributed by atoms with Crippen LogP contribution >= 0.6 is 11.3 Å². The zero-order chi connectivity index (χ0) is 15.5. The minimum absolute atomic E-state index is 0.0542. The summed E-state index contributed by atoms with van der Waals surface area (Å²) in [7, 11) is 1.71. The van der Waals surface area contributed by atoms with Gasteiger partial charge in [0.05, 0.1) is 12.1 Å². The van der Waals surface area contributed by atoms with E-state index in [0.29, 0.717) is 5.13 Å². The number of nitrogens with zero attached hydrogens (tertiary/aromatic N) is 1. The quantitative estimate of drug-likeness (QED) is 0.897. The fraction of sp³-hybridized carbons (Fsp3) is 0.733. The van der Waals surface area contributed by atoms with Gasteiger partial charge in [0.15, 0.2) is 5.13 Å². The number of rotatable bonds is 3. The van der Waals surface area contributed by atoms with Gasteiger partial charge in [-0.1, -0.05) is 33.6 Å². The number of methoxy groups -OCH3 is 1. The molecule has 6 heteroatoms. The summed E-state index contributed by atoms with van der Waals surface area (Å²) >= 11 is 1.52. The first kappa shape index (κ1) is 16.2. The fourth-order valence-corrected chi connectivity index (χ4v) is 3.39. The maximum Gasteiger partial charge on any atom is 0.321 e. The first-order valence-electron chi connectivity index (χ1n) is 7.47. The van der Waals surface area contributed by atoms with Crippen LogP contribution in [0.5, 0.6) is 0 Å². The second-order valence-electron chi connectivity index (χ2n) is 6.54. The minimum atomic E-state index is -0.196. The highest BCUT2D eigenvalue weighted by atomic mass is 32.1. The summed E-state index contributed by atoms with van der Waals surface area (Å²) in [5.74, 6) is 0. The molecular weight excluding hydrogens is 286 g/mol. The predicted molar refractivity (Wildman–Crippen MR) is 86.0 cm³/mol. The van der Waals surface area contributed by atoms with Crippen molar-refractivity contribution in [3.05, 3.63) is 11.1 Å². The summed E-state index contributed by atoms with van der Waals surface area (Å²) in [5, 5.41) is 6.48. The van der Waals surface area contributed by atoms with E-state index in [2.05, 4.69) is 36.4 Å². The number of hydrogen-bond acceptors (Lipinski definition) is 4. The first-order chi connectivity index (χ1) is 9.90. The van der Waals surface area contributed by atoms with Gasteiger partial charge >= 0.3 is 6.03 Å². The molecule has 2 rings (SSSR count). The topological polar surface area (TPSA) is 63.2 Å². The van der Waals surface area contributed by atoms with Crippen LogP contribution in [0.25, 0.3) is 0 Å². The van der Waals surface area contributed by atoms with Crippen LogP contribution in [-0.2, 0) is 10.2 Å². The lowest BCUT2D eigenvalue weighted by molar-refractivity contribution is 0.0459. The third kappa shape index (κ3) is 4.41. The molecule has 0 bridgehead atoms. The van der Waals surface area contributed by atoms with Crippen molar-refractivity contribution in [1.29, 1.82) is 0 Å². The molecule has 2 N–H and O–H groups in total. The van der Waals surface area contributed by atoms with E-state index in [4.69, 9.17) is 4.74 Å². The van der Waals surface area contributed by atoms with Gasteiger partial charge in [-0.15, -0.1) is 11.3 Å². The molecule has 1 saturated carbocycles. The van der Waals surface area contributed by atoms with Crippen LogP contribution < -0.4 is 10.6 Å². The average Bonchev–Trinajstić information content (AvgIpc) is 2.87. The molecule has 118 valence electrons. The van der Waals surface area contributed by atoms with Gasteiger partial charge in [0.1, 0.15) is 0 Å². The SMILES string of the molecule is CO[C@H]1CCCC[C@@H]1NC(=O)Nc1ncc(C(C)(C)C)s1. The van der Waals surface area contributed by atoms with Crippen LogP contribution in [0, 0.1) is 0 Å². The molecule has 0 aliphatic heterocycles. The molecule has 1 heterocycles. The van der Waals surface area contributed by atoms with Gasteiger partial charge in [-0.25, -0.2) is 9.78 Å². The Kier molecular flexibility index (Phi) is 5.22. The smallest absolute Gasteiger partial charge is 0.321 e. The molecule has 0 radical (unpaired) electrons. The van der Waals surface area contributed by atoms with E-state index in [-0.39, 0.29) is 23.6 Å². The number of hydrogen-bond donors (Lipinski definition) is 2. The number of carbonyl (C=O) groups excluding carboxylic acids is 1. The van der Waals surface area contributed by atoms with E-state index in [0.717, 1.165) is 24.1 Å². The Morgan fingerprint density at radius 1 is 1.38 bits per heavy atom. The van der Waals surface area contributed by atoms with Crippen LogP contribution in [0.1, 0.15) is 51.3 Å². The molecule has 0 saturated heterocycles. The number of aromatic nitrogens is 1. The van der Waals surface area contributed by atoms with Gasteiger partial charge in [-0.2, -0.15) is 0 Å². The number of nitrogens with one attached hydrogen (secondary N) is 2. The van der Waals surface area contributed by atoms with Crippen LogP contribution in [0.15, 0.2) is 6.20 Å². The molecule has 21 heavy (non-hydrogen) atoms. The van der Waals surface area contributed by atoms with E-state index in [9.17, 15) is 4.79 Å². The van der Waals surface area contributed by atoms with E-state index in [1.165, 1.54) is 17.8 Å². The van der Waals surface area contributed by atoms with Gasteiger partial charge < -0.3 is 10.1 Å². The van der Waals surface area contributed by atoms with Crippen molar-refractivity contribution in [1.82, 2.24) is 10.3 Å². The molecule has 1 aliphatic rings. The van der Waals surface area contributed by atoms with Crippen LogP contribution in [0.3, 0.4) is 0 Å². The molecule has 0 unspecified atom stereocenters. The Hall–Kier alpha value is -1.14. The highest BCUT2D eigenvalue weighted by Crippen LogP contribution is 2.30. The lowest BCUT2D eigenvalue weighted by Gasteiger charge is -2.30. The number of amides is 2. The summed E-state index contributed by atoms with van der Waals surface area (Å²) in [6, 6.07) is -0.107. The van der Waals surface area contributed by atoms with Crippen molar-refractivity contribution in [2.24, 2.45) is 0 Å². The number of carbonyl (C=O) groups is 1. The van der Waals surface area contributed by atoms with Crippen molar-refractivity contribution in [3.63, 3.8) is 0 Å². The third-order valence-electron chi connectivity index (χ3n) is 3.79. The lowest BCUT2D eigenvalue weighted by atomic mass is 9.92. The Labute approximate surface area is 130 Å². The molecule has 5 nitrogen and oxygen atoms in total. The van der Waals surface area contributed by atoms with Gasteiger partial charge in [-0.3, -0.25) is 5.32 Å². The number of ether oxygens (including phenoxy) is 1. The van der Waals surface area contributed by atoms with Gasteiger partial charge in [-0.05, 0) is 18.3 Å². The fourth-order valence-electron chi connectivity index (χ4n) is 2.52. The molecule has 0 aromatic carbocycles. The van der Waals surface area contributed by atoms with Crippen molar-refractivity contribution in [2.45, 2.75) is 64.0 Å². The van der Waals surface area contributed by atoms with Crippen molar-refractivity contribution >= 4 is 22.5 Å². The summed E-state index contributed by atoms with van der Waals surface area (Å²) in [6.45, 7) is 6.40. The van der Waals surface area contributed by atoms with Crippen LogP contribution in [0.4, 0.5) is 9.93 Å². The van der Waals surface area contributed by atoms with Gasteiger partial charge in [0.25, 0.3) is 0 Å². The highest BCUT2D eigenvalue weighted by Gasteiger charge is 2.26. The second kappa shape index (κ2) is 6.75. The van der Waals surface area contributed by atoms with E-state index in [1.807, 2.05) is 6.20 Å². The molecular formula is C15H25N3O2S. The Morgan fingerprint density at radius 3 is 2.71 bits per heavy atom. The van der Waals surface area contributed by atoms with Gasteiger partial charge in [0, 0.05) is 18.2 Å². The number of urea groups is 1. The van der Waals surface area contributed by atoms with Crippen LogP contribution in [0.2, 0.25) is 0 Å². The number of anilines is 1. The summed E-state index contributed by atoms with van der Waals surface area (Å²) in [5.41, 5.74) is 0.0542. The molecule has 2 atom stereocenters. The molecule has 1 aromatic rings. The number of thiazole rings is 1. The van der Waals surface area contributed by atoms with E-state index >= 15 is 0 Å². The third-order valence-corrected chi connectivity index (χ3v) is 5.13. The van der Waals surface area contributed by atoms with Crippen molar-refractivity contribution in [2.75, 3.05) is 12.4 Å². The standard InChI is InChI=1S/C15H25N3O2S/c1-15(2,3)12-9-16-14(21-12)18-13(19)17-10-7-5-6-8-11(10)20-4/h9-11H,5-8H2,1-4H3,(H2,16,17,18,19)/t10-,11-/m0/s1. The zero-order valence-electron chi connectivity index (χ0n) is 13.2. The molecule has 1 aliphatic carbocycles. The molecule has 2 amide bonds. The van der Waals surface area contributed by atoms with Crippen molar-refractivity contribution in [3.8, 4) is 0 Å². The van der Waals surface area contributed by atoms with Gasteiger partial charge in [0.2, 0.25) is 0 Å². The second-order valence-corrected chi connectivity index (χ2v) is 7.57. The van der Waals surface area contributed by atoms with E-state index < -0.39 is 0 Å². The summed E-state index contributed by atoms with van der Waals surface area (Å²) in [6.07, 6.45) is 6.23. The Bertz CT molecular complexity index is 482. The molecule has 1 aromatic heterocycles. The largest absolute Gasteiger partial charge is 0.379 e. The van der Waals surface area contributed by atoms with Crippen LogP contribution in [-0.4, -0.2) is 30.3 Å². The summed E-state index contributed by atoms with van der Waals surface area (Å²) in [4.78, 5) is 17.5. The maximum absolute atomic E-state index is 12.1. The maximum atomic E-state index is 12.1. The lowest BCUT2D eigenvalue weighted by Crippen LogP contribution is -2.47.